The third kappa shape index (κ3) is 29.1. The normalized spacial score (nSPS) is 13.1. The largest absolute Gasteiger partial charge is 0.494 e. The number of carbonyl (C=O) groups is 8. The smallest absolute Gasteiger partial charge is 0.338 e. The molecule has 17 nitrogen and oxygen atoms in total. The number of hydrogen-bond acceptors (Lipinski definition) is 14. The Morgan fingerprint density at radius 2 is 0.901 bits per heavy atom. The molecular formula is C54H80N2O15. The van der Waals surface area contributed by atoms with Crippen molar-refractivity contribution in [2.75, 3.05) is 13.2 Å². The predicted octanol–water partition coefficient (Wildman–Crippen LogP) is 10.2. The zero-order chi connectivity index (χ0) is 53.0. The van der Waals surface area contributed by atoms with E-state index in [2.05, 4.69) is 5.32 Å². The van der Waals surface area contributed by atoms with Crippen LogP contribution in [0.2, 0.25) is 0 Å². The van der Waals surface area contributed by atoms with Crippen molar-refractivity contribution in [1.29, 1.82) is 0 Å². The first-order valence-corrected chi connectivity index (χ1v) is 25.0. The summed E-state index contributed by atoms with van der Waals surface area (Å²) in [6.07, 6.45) is 13.5. The maximum Gasteiger partial charge on any atom is 0.338 e. The van der Waals surface area contributed by atoms with Crippen LogP contribution in [0.15, 0.2) is 48.5 Å². The number of ether oxygens (including phenoxy) is 5. The van der Waals surface area contributed by atoms with Crippen molar-refractivity contribution >= 4 is 47.6 Å². The minimum Gasteiger partial charge on any atom is -0.494 e. The number of esters is 3. The fourth-order valence-corrected chi connectivity index (χ4v) is 6.77. The number of nitrogens with one attached hydrogen (secondary N) is 1. The van der Waals surface area contributed by atoms with Crippen LogP contribution in [0.1, 0.15) is 205 Å². The van der Waals surface area contributed by atoms with Crippen LogP contribution in [-0.4, -0.2) is 93.8 Å². The van der Waals surface area contributed by atoms with E-state index in [0.717, 1.165) is 82.8 Å². The first-order chi connectivity index (χ1) is 33.3. The molecule has 2 aromatic carbocycles. The van der Waals surface area contributed by atoms with Gasteiger partial charge in [0, 0.05) is 25.7 Å². The van der Waals surface area contributed by atoms with Crippen molar-refractivity contribution in [2.24, 2.45) is 0 Å². The molecule has 0 aromatic heterocycles. The van der Waals surface area contributed by atoms with Crippen molar-refractivity contribution in [2.45, 2.75) is 207 Å². The second kappa shape index (κ2) is 31.4. The van der Waals surface area contributed by atoms with Gasteiger partial charge in [0.05, 0.1) is 30.8 Å². The van der Waals surface area contributed by atoms with E-state index in [0.29, 0.717) is 48.0 Å². The topological polar surface area (TPSA) is 227 Å². The molecule has 0 spiro atoms. The minimum atomic E-state index is -1.19. The van der Waals surface area contributed by atoms with Crippen LogP contribution in [0.3, 0.4) is 0 Å². The first-order valence-electron chi connectivity index (χ1n) is 25.0. The Bertz CT molecular complexity index is 1980. The summed E-state index contributed by atoms with van der Waals surface area (Å²) in [7, 11) is 0. The molecule has 1 fully saturated rings. The Kier molecular flexibility index (Phi) is 27.0. The van der Waals surface area contributed by atoms with Gasteiger partial charge in [-0.05, 0) is 137 Å². The van der Waals surface area contributed by atoms with E-state index in [1.165, 1.54) is 0 Å². The summed E-state index contributed by atoms with van der Waals surface area (Å²) in [6.45, 7) is 17.3. The van der Waals surface area contributed by atoms with Gasteiger partial charge in [0.25, 0.3) is 11.8 Å². The molecule has 396 valence electrons. The SMILES string of the molecule is CC(C)(C)OC(=O)c1ccc(OCCCCCCCCCC(=O)N[C@@H](CC(=O)O)C(=O)OC(C)(C)C)cc1.CC(C)(C)OC(=O)c1ccc(OCCCCCCCCCC(=O)ON2C(=O)CCC2=O)cc1. The Labute approximate surface area is 420 Å². The number of nitrogens with zero attached hydrogens (tertiary/aromatic N) is 1. The van der Waals surface area contributed by atoms with Crippen molar-refractivity contribution < 1.29 is 72.0 Å². The molecule has 1 aliphatic rings. The number of unbranched alkanes of at least 4 members (excludes halogenated alkanes) is 12. The highest BCUT2D eigenvalue weighted by molar-refractivity contribution is 6.01. The van der Waals surface area contributed by atoms with E-state index >= 15 is 0 Å². The van der Waals surface area contributed by atoms with Gasteiger partial charge in [0.1, 0.15) is 34.3 Å². The Hall–Kier alpha value is -6.00. The zero-order valence-corrected chi connectivity index (χ0v) is 43.7. The van der Waals surface area contributed by atoms with E-state index in [1.807, 2.05) is 41.5 Å². The van der Waals surface area contributed by atoms with Crippen LogP contribution in [-0.2, 0) is 47.8 Å². The number of carboxylic acid groups (broad SMARTS) is 1. The van der Waals surface area contributed by atoms with E-state index in [9.17, 15) is 38.4 Å². The van der Waals surface area contributed by atoms with Crippen molar-refractivity contribution in [3.63, 3.8) is 0 Å². The molecule has 17 heteroatoms. The summed E-state index contributed by atoms with van der Waals surface area (Å²) in [5, 5.41) is 12.1. The quantitative estimate of drug-likeness (QED) is 0.0334. The van der Waals surface area contributed by atoms with Crippen molar-refractivity contribution in [1.82, 2.24) is 10.4 Å². The van der Waals surface area contributed by atoms with Gasteiger partial charge in [-0.25, -0.2) is 19.2 Å². The third-order valence-corrected chi connectivity index (χ3v) is 10.2. The van der Waals surface area contributed by atoms with Crippen LogP contribution in [0, 0.1) is 0 Å². The molecule has 71 heavy (non-hydrogen) atoms. The van der Waals surface area contributed by atoms with Crippen LogP contribution < -0.4 is 14.8 Å². The molecule has 0 saturated carbocycles. The Balaban J connectivity index is 0.000000491. The lowest BCUT2D eigenvalue weighted by molar-refractivity contribution is -0.197. The average Bonchev–Trinajstić information content (AvgIpc) is 3.58. The maximum absolute atomic E-state index is 12.2. The molecule has 0 unspecified atom stereocenters. The van der Waals surface area contributed by atoms with Gasteiger partial charge in [0.2, 0.25) is 5.91 Å². The molecule has 1 atom stereocenters. The monoisotopic (exact) mass is 997 g/mol. The zero-order valence-electron chi connectivity index (χ0n) is 43.7. The Morgan fingerprint density at radius 3 is 1.28 bits per heavy atom. The molecule has 0 bridgehead atoms. The number of rotatable bonds is 29. The third-order valence-electron chi connectivity index (χ3n) is 10.2. The summed E-state index contributed by atoms with van der Waals surface area (Å²) in [5.41, 5.74) is -0.817. The van der Waals surface area contributed by atoms with Gasteiger partial charge in [-0.1, -0.05) is 64.2 Å². The number of hydrogen-bond donors (Lipinski definition) is 2. The van der Waals surface area contributed by atoms with Gasteiger partial charge >= 0.3 is 29.8 Å². The highest BCUT2D eigenvalue weighted by atomic mass is 16.7. The fraction of sp³-hybridized carbons (Fsp3) is 0.630. The van der Waals surface area contributed by atoms with Crippen LogP contribution in [0.5, 0.6) is 11.5 Å². The fourth-order valence-electron chi connectivity index (χ4n) is 6.77. The summed E-state index contributed by atoms with van der Waals surface area (Å²) in [6, 6.07) is 12.7. The van der Waals surface area contributed by atoms with E-state index < -0.39 is 59.0 Å². The second-order valence-electron chi connectivity index (χ2n) is 20.5. The average molecular weight is 997 g/mol. The highest BCUT2D eigenvalue weighted by Gasteiger charge is 2.33. The second-order valence-corrected chi connectivity index (χ2v) is 20.5. The van der Waals surface area contributed by atoms with Gasteiger partial charge in [-0.3, -0.25) is 19.2 Å². The molecule has 1 saturated heterocycles. The van der Waals surface area contributed by atoms with Crippen molar-refractivity contribution in [3.8, 4) is 11.5 Å². The van der Waals surface area contributed by atoms with E-state index in [-0.39, 0.29) is 43.5 Å². The lowest BCUT2D eigenvalue weighted by Crippen LogP contribution is -2.45. The van der Waals surface area contributed by atoms with Crippen LogP contribution in [0.25, 0.3) is 0 Å². The number of imide groups is 1. The number of carbonyl (C=O) groups excluding carboxylic acids is 7. The summed E-state index contributed by atoms with van der Waals surface area (Å²) in [5.74, 6) is -2.95. The summed E-state index contributed by atoms with van der Waals surface area (Å²) < 4.78 is 27.4. The van der Waals surface area contributed by atoms with Crippen LogP contribution >= 0.6 is 0 Å². The maximum atomic E-state index is 12.2. The molecule has 2 N–H and O–H groups in total. The first kappa shape index (κ1) is 61.1. The number of benzene rings is 2. The lowest BCUT2D eigenvalue weighted by Gasteiger charge is -2.23. The van der Waals surface area contributed by atoms with Gasteiger partial charge in [-0.15, -0.1) is 5.06 Å². The molecule has 3 rings (SSSR count). The highest BCUT2D eigenvalue weighted by Crippen LogP contribution is 2.20. The minimum absolute atomic E-state index is 0.109. The number of hydroxylamine groups is 2. The molecular weight excluding hydrogens is 917 g/mol. The van der Waals surface area contributed by atoms with Gasteiger partial charge < -0.3 is 38.9 Å². The summed E-state index contributed by atoms with van der Waals surface area (Å²) >= 11 is 0. The molecule has 1 heterocycles. The van der Waals surface area contributed by atoms with Gasteiger partial charge in [0.15, 0.2) is 0 Å². The van der Waals surface area contributed by atoms with E-state index in [4.69, 9.17) is 33.6 Å². The molecule has 0 radical (unpaired) electrons. The summed E-state index contributed by atoms with van der Waals surface area (Å²) in [4.78, 5) is 98.9. The molecule has 1 aliphatic heterocycles. The molecule has 3 amide bonds. The number of carboxylic acids is 1. The molecule has 2 aromatic rings. The van der Waals surface area contributed by atoms with E-state index in [1.54, 1.807) is 69.3 Å². The number of aliphatic carboxylic acids is 1. The van der Waals surface area contributed by atoms with Gasteiger partial charge in [-0.2, -0.15) is 0 Å². The number of amides is 3. The lowest BCUT2D eigenvalue weighted by atomic mass is 10.1. The Morgan fingerprint density at radius 1 is 0.535 bits per heavy atom. The standard InChI is InChI=1S/C29H45NO8.C25H35NO7/c1-28(2,3)37-26(34)21-15-17-22(18-16-21)36-19-13-11-9-7-8-10-12-14-24(31)30-23(20-25(32)33)27(35)38-29(4,5)6;1-25(2,3)32-24(30)19-12-14-20(15-13-19)31-18-10-8-6-4-5-7-9-11-23(29)33-26-21(27)16-17-22(26)28/h15-18,23H,7-14,19-20H2,1-6H3,(H,30,31)(H,32,33);12-15H,4-11,16-18H2,1-3H3/t23-;/m0./s1. The molecule has 0 aliphatic carbocycles. The van der Waals surface area contributed by atoms with Crippen LogP contribution in [0.4, 0.5) is 0 Å². The van der Waals surface area contributed by atoms with Crippen molar-refractivity contribution in [3.05, 3.63) is 59.7 Å². The predicted molar refractivity (Wildman–Crippen MR) is 265 cm³/mol.